The molecule has 0 bridgehead atoms. The second-order valence-electron chi connectivity index (χ2n) is 5.69. The first-order valence-electron chi connectivity index (χ1n) is 7.30. The SMILES string of the molecule is Cc1nc(CC(=O)NC(CC(C)C)c2ccccc2)cs1. The highest BCUT2D eigenvalue weighted by atomic mass is 32.1. The van der Waals surface area contributed by atoms with Crippen molar-refractivity contribution < 1.29 is 4.79 Å². The summed E-state index contributed by atoms with van der Waals surface area (Å²) in [5, 5.41) is 6.10. The summed E-state index contributed by atoms with van der Waals surface area (Å²) in [6, 6.07) is 10.2. The predicted molar refractivity (Wildman–Crippen MR) is 87.3 cm³/mol. The monoisotopic (exact) mass is 302 g/mol. The summed E-state index contributed by atoms with van der Waals surface area (Å²) in [4.78, 5) is 16.6. The summed E-state index contributed by atoms with van der Waals surface area (Å²) < 4.78 is 0. The minimum absolute atomic E-state index is 0.0369. The predicted octanol–water partition coefficient (Wildman–Crippen LogP) is 3.90. The first-order chi connectivity index (χ1) is 10.0. The Morgan fingerprint density at radius 1 is 1.29 bits per heavy atom. The molecule has 0 aliphatic heterocycles. The molecule has 0 saturated carbocycles. The van der Waals surface area contributed by atoms with Gasteiger partial charge in [0.1, 0.15) is 0 Å². The fraction of sp³-hybridized carbons (Fsp3) is 0.412. The highest BCUT2D eigenvalue weighted by Crippen LogP contribution is 2.21. The van der Waals surface area contributed by atoms with Gasteiger partial charge in [0, 0.05) is 5.38 Å². The van der Waals surface area contributed by atoms with Crippen LogP contribution in [0.1, 0.15) is 42.6 Å². The molecule has 3 nitrogen and oxygen atoms in total. The summed E-state index contributed by atoms with van der Waals surface area (Å²) in [6.07, 6.45) is 1.29. The lowest BCUT2D eigenvalue weighted by molar-refractivity contribution is -0.121. The third kappa shape index (κ3) is 4.97. The van der Waals surface area contributed by atoms with Crippen molar-refractivity contribution >= 4 is 17.2 Å². The van der Waals surface area contributed by atoms with Gasteiger partial charge in [0.25, 0.3) is 0 Å². The summed E-state index contributed by atoms with van der Waals surface area (Å²) in [6.45, 7) is 6.30. The maximum Gasteiger partial charge on any atom is 0.226 e. The lowest BCUT2D eigenvalue weighted by Crippen LogP contribution is -2.30. The van der Waals surface area contributed by atoms with Gasteiger partial charge < -0.3 is 5.32 Å². The number of benzene rings is 1. The van der Waals surface area contributed by atoms with Crippen molar-refractivity contribution in [1.29, 1.82) is 0 Å². The molecule has 0 fully saturated rings. The van der Waals surface area contributed by atoms with Gasteiger partial charge >= 0.3 is 0 Å². The van der Waals surface area contributed by atoms with E-state index in [0.29, 0.717) is 12.3 Å². The van der Waals surface area contributed by atoms with Crippen molar-refractivity contribution in [2.45, 2.75) is 39.7 Å². The van der Waals surface area contributed by atoms with Gasteiger partial charge in [0.15, 0.2) is 0 Å². The van der Waals surface area contributed by atoms with Crippen molar-refractivity contribution in [1.82, 2.24) is 10.3 Å². The van der Waals surface area contributed by atoms with Gasteiger partial charge in [0.2, 0.25) is 5.91 Å². The van der Waals surface area contributed by atoms with Crippen molar-refractivity contribution in [2.75, 3.05) is 0 Å². The number of aromatic nitrogens is 1. The lowest BCUT2D eigenvalue weighted by Gasteiger charge is -2.21. The largest absolute Gasteiger partial charge is 0.349 e. The van der Waals surface area contributed by atoms with Crippen molar-refractivity contribution in [3.8, 4) is 0 Å². The average molecular weight is 302 g/mol. The molecule has 1 atom stereocenters. The van der Waals surface area contributed by atoms with E-state index in [1.54, 1.807) is 11.3 Å². The third-order valence-corrected chi connectivity index (χ3v) is 4.07. The van der Waals surface area contributed by atoms with E-state index in [2.05, 4.69) is 36.3 Å². The van der Waals surface area contributed by atoms with Crippen LogP contribution in [0, 0.1) is 12.8 Å². The maximum atomic E-state index is 12.2. The van der Waals surface area contributed by atoms with Crippen molar-refractivity contribution in [3.05, 3.63) is 52.0 Å². The van der Waals surface area contributed by atoms with E-state index >= 15 is 0 Å². The molecule has 1 N–H and O–H groups in total. The summed E-state index contributed by atoms with van der Waals surface area (Å²) in [5.41, 5.74) is 2.01. The van der Waals surface area contributed by atoms with Gasteiger partial charge in [-0.1, -0.05) is 44.2 Å². The van der Waals surface area contributed by atoms with Crippen molar-refractivity contribution in [2.24, 2.45) is 5.92 Å². The Morgan fingerprint density at radius 2 is 2.00 bits per heavy atom. The van der Waals surface area contributed by atoms with E-state index < -0.39 is 0 Å². The molecular weight excluding hydrogens is 280 g/mol. The summed E-state index contributed by atoms with van der Waals surface area (Å²) in [5.74, 6) is 0.562. The van der Waals surface area contributed by atoms with Gasteiger partial charge in [-0.15, -0.1) is 11.3 Å². The van der Waals surface area contributed by atoms with Crippen LogP contribution in [0.25, 0.3) is 0 Å². The minimum atomic E-state index is 0.0369. The molecular formula is C17H22N2OS. The molecule has 21 heavy (non-hydrogen) atoms. The molecule has 1 aromatic heterocycles. The Bertz CT molecular complexity index is 577. The molecule has 0 aliphatic carbocycles. The molecule has 2 aromatic rings. The Labute approximate surface area is 130 Å². The van der Waals surface area contributed by atoms with Gasteiger partial charge in [-0.3, -0.25) is 4.79 Å². The number of hydrogen-bond donors (Lipinski definition) is 1. The van der Waals surface area contributed by atoms with Crippen LogP contribution in [0.4, 0.5) is 0 Å². The second-order valence-corrected chi connectivity index (χ2v) is 6.76. The van der Waals surface area contributed by atoms with E-state index in [1.165, 1.54) is 0 Å². The van der Waals surface area contributed by atoms with E-state index in [-0.39, 0.29) is 11.9 Å². The first kappa shape index (κ1) is 15.7. The number of hydrogen-bond acceptors (Lipinski definition) is 3. The molecule has 0 saturated heterocycles. The van der Waals surface area contributed by atoms with Gasteiger partial charge in [-0.25, -0.2) is 4.98 Å². The van der Waals surface area contributed by atoms with Crippen LogP contribution in [-0.4, -0.2) is 10.9 Å². The standard InChI is InChI=1S/C17H22N2OS/c1-12(2)9-16(14-7-5-4-6-8-14)19-17(20)10-15-11-21-13(3)18-15/h4-8,11-12,16H,9-10H2,1-3H3,(H,19,20). The van der Waals surface area contributed by atoms with E-state index in [9.17, 15) is 4.79 Å². The van der Waals surface area contributed by atoms with E-state index in [0.717, 1.165) is 22.7 Å². The molecule has 2 rings (SSSR count). The zero-order valence-electron chi connectivity index (χ0n) is 12.8. The summed E-state index contributed by atoms with van der Waals surface area (Å²) in [7, 11) is 0. The van der Waals surface area contributed by atoms with Crippen LogP contribution < -0.4 is 5.32 Å². The number of carbonyl (C=O) groups is 1. The topological polar surface area (TPSA) is 42.0 Å². The molecule has 4 heteroatoms. The van der Waals surface area contributed by atoms with Crippen LogP contribution in [0.5, 0.6) is 0 Å². The average Bonchev–Trinajstić information content (AvgIpc) is 2.83. The molecule has 1 unspecified atom stereocenters. The van der Waals surface area contributed by atoms with Crippen LogP contribution in [0.15, 0.2) is 35.7 Å². The third-order valence-electron chi connectivity index (χ3n) is 3.25. The molecule has 0 spiro atoms. The van der Waals surface area contributed by atoms with Gasteiger partial charge in [0.05, 0.1) is 23.2 Å². The lowest BCUT2D eigenvalue weighted by atomic mass is 9.97. The number of amides is 1. The molecule has 1 heterocycles. The van der Waals surface area contributed by atoms with Crippen molar-refractivity contribution in [3.63, 3.8) is 0 Å². The zero-order chi connectivity index (χ0) is 15.2. The number of rotatable bonds is 6. The molecule has 1 amide bonds. The second kappa shape index (κ2) is 7.36. The van der Waals surface area contributed by atoms with Crippen LogP contribution >= 0.6 is 11.3 Å². The summed E-state index contributed by atoms with van der Waals surface area (Å²) >= 11 is 1.58. The zero-order valence-corrected chi connectivity index (χ0v) is 13.6. The molecule has 112 valence electrons. The molecule has 1 aromatic carbocycles. The smallest absolute Gasteiger partial charge is 0.226 e. The van der Waals surface area contributed by atoms with Crippen LogP contribution in [-0.2, 0) is 11.2 Å². The highest BCUT2D eigenvalue weighted by molar-refractivity contribution is 7.09. The maximum absolute atomic E-state index is 12.2. The number of nitrogens with one attached hydrogen (secondary N) is 1. The van der Waals surface area contributed by atoms with Gasteiger partial charge in [-0.2, -0.15) is 0 Å². The van der Waals surface area contributed by atoms with E-state index in [4.69, 9.17) is 0 Å². The quantitative estimate of drug-likeness (QED) is 0.879. The molecule has 0 radical (unpaired) electrons. The van der Waals surface area contributed by atoms with E-state index in [1.807, 2.05) is 30.5 Å². The first-order valence-corrected chi connectivity index (χ1v) is 8.18. The fourth-order valence-corrected chi connectivity index (χ4v) is 2.95. The Hall–Kier alpha value is -1.68. The van der Waals surface area contributed by atoms with Crippen LogP contribution in [0.2, 0.25) is 0 Å². The number of carbonyl (C=O) groups excluding carboxylic acids is 1. The fourth-order valence-electron chi connectivity index (χ4n) is 2.33. The normalized spacial score (nSPS) is 12.4. The van der Waals surface area contributed by atoms with Crippen LogP contribution in [0.3, 0.4) is 0 Å². The minimum Gasteiger partial charge on any atom is -0.349 e. The Morgan fingerprint density at radius 3 is 2.57 bits per heavy atom. The number of nitrogens with zero attached hydrogens (tertiary/aromatic N) is 1. The number of aryl methyl sites for hydroxylation is 1. The Kier molecular flexibility index (Phi) is 5.51. The Balaban J connectivity index is 2.02. The number of thiazole rings is 1. The highest BCUT2D eigenvalue weighted by Gasteiger charge is 2.16. The molecule has 0 aliphatic rings. The van der Waals surface area contributed by atoms with Gasteiger partial charge in [-0.05, 0) is 24.8 Å².